The summed E-state index contributed by atoms with van der Waals surface area (Å²) in [5.74, 6) is -1.80. The minimum atomic E-state index is -2.33. The molecule has 0 radical (unpaired) electrons. The van der Waals surface area contributed by atoms with E-state index in [-0.39, 0.29) is 0 Å². The van der Waals surface area contributed by atoms with Crippen molar-refractivity contribution in [2.45, 2.75) is 29.4 Å². The third kappa shape index (κ3) is 3.19. The first kappa shape index (κ1) is 11.9. The quantitative estimate of drug-likeness (QED) is 0.816. The molecule has 0 spiro atoms. The van der Waals surface area contributed by atoms with E-state index in [0.29, 0.717) is 22.6 Å². The van der Waals surface area contributed by atoms with Gasteiger partial charge in [-0.3, -0.25) is 0 Å². The van der Waals surface area contributed by atoms with Gasteiger partial charge in [-0.25, -0.2) is 0 Å². The lowest BCUT2D eigenvalue weighted by Gasteiger charge is -2.23. The molecule has 1 aliphatic heterocycles. The molecule has 0 aromatic heterocycles. The summed E-state index contributed by atoms with van der Waals surface area (Å²) in [7, 11) is 0. The fraction of sp³-hybridized carbons (Fsp3) is 0.500. The van der Waals surface area contributed by atoms with E-state index >= 15 is 0 Å². The third-order valence-electron chi connectivity index (χ3n) is 2.89. The van der Waals surface area contributed by atoms with E-state index in [0.717, 1.165) is 25.9 Å². The molecule has 0 amide bonds. The molecule has 0 unspecified atom stereocenters. The number of hydrogen-bond donors (Lipinski definition) is 1. The summed E-state index contributed by atoms with van der Waals surface area (Å²) in [5.41, 5.74) is 1.20. The summed E-state index contributed by atoms with van der Waals surface area (Å²) < 4.78 is 24.5. The monoisotopic (exact) mass is 243 g/mol. The SMILES string of the molecule is FC(F)Sc1cccc(C2CCNCC2)c1. The zero-order valence-electron chi connectivity index (χ0n) is 8.96. The van der Waals surface area contributed by atoms with Crippen LogP contribution in [-0.2, 0) is 0 Å². The van der Waals surface area contributed by atoms with Crippen molar-refractivity contribution in [1.29, 1.82) is 0 Å². The Morgan fingerprint density at radius 3 is 2.69 bits per heavy atom. The van der Waals surface area contributed by atoms with Crippen LogP contribution in [0.2, 0.25) is 0 Å². The molecule has 1 fully saturated rings. The van der Waals surface area contributed by atoms with Crippen LogP contribution in [0.4, 0.5) is 8.78 Å². The molecule has 0 bridgehead atoms. The van der Waals surface area contributed by atoms with E-state index in [1.807, 2.05) is 18.2 Å². The fourth-order valence-electron chi connectivity index (χ4n) is 2.10. The average molecular weight is 243 g/mol. The number of nitrogens with one attached hydrogen (secondary N) is 1. The molecule has 88 valence electrons. The summed E-state index contributed by atoms with van der Waals surface area (Å²) in [6, 6.07) is 7.59. The molecule has 0 atom stereocenters. The lowest BCUT2D eigenvalue weighted by Crippen LogP contribution is -2.26. The van der Waals surface area contributed by atoms with E-state index in [1.165, 1.54) is 5.56 Å². The van der Waals surface area contributed by atoms with Crippen molar-refractivity contribution in [1.82, 2.24) is 5.32 Å². The summed E-state index contributed by atoms with van der Waals surface area (Å²) in [4.78, 5) is 0.672. The van der Waals surface area contributed by atoms with Gasteiger partial charge in [-0.15, -0.1) is 0 Å². The Bertz CT molecular complexity index is 338. The number of alkyl halides is 2. The molecule has 1 aliphatic rings. The molecule has 1 saturated heterocycles. The smallest absolute Gasteiger partial charge is 0.288 e. The minimum absolute atomic E-state index is 0.527. The van der Waals surface area contributed by atoms with Crippen LogP contribution in [0.15, 0.2) is 29.2 Å². The number of piperidine rings is 1. The lowest BCUT2D eigenvalue weighted by molar-refractivity contribution is 0.252. The van der Waals surface area contributed by atoms with Crippen molar-refractivity contribution < 1.29 is 8.78 Å². The molecule has 1 aromatic carbocycles. The van der Waals surface area contributed by atoms with Crippen molar-refractivity contribution in [2.75, 3.05) is 13.1 Å². The Labute approximate surface area is 98.6 Å². The summed E-state index contributed by atoms with van der Waals surface area (Å²) in [6.45, 7) is 2.05. The van der Waals surface area contributed by atoms with Crippen LogP contribution in [-0.4, -0.2) is 18.8 Å². The molecule has 0 aliphatic carbocycles. The second-order valence-corrected chi connectivity index (χ2v) is 5.04. The highest BCUT2D eigenvalue weighted by Crippen LogP contribution is 2.30. The highest BCUT2D eigenvalue weighted by atomic mass is 32.2. The van der Waals surface area contributed by atoms with Gasteiger partial charge < -0.3 is 5.32 Å². The van der Waals surface area contributed by atoms with Gasteiger partial charge in [0.25, 0.3) is 5.76 Å². The summed E-state index contributed by atoms with van der Waals surface area (Å²) in [5, 5.41) is 3.31. The van der Waals surface area contributed by atoms with Crippen molar-refractivity contribution >= 4 is 11.8 Å². The highest BCUT2D eigenvalue weighted by Gasteiger charge is 2.15. The molecule has 16 heavy (non-hydrogen) atoms. The second kappa shape index (κ2) is 5.64. The maximum Gasteiger partial charge on any atom is 0.288 e. The molecule has 0 saturated carbocycles. The van der Waals surface area contributed by atoms with Crippen LogP contribution < -0.4 is 5.32 Å². The van der Waals surface area contributed by atoms with E-state index in [2.05, 4.69) is 5.32 Å². The van der Waals surface area contributed by atoms with Crippen LogP contribution in [0.3, 0.4) is 0 Å². The first-order valence-electron chi connectivity index (χ1n) is 5.51. The topological polar surface area (TPSA) is 12.0 Å². The molecule has 4 heteroatoms. The van der Waals surface area contributed by atoms with Gasteiger partial charge in [-0.1, -0.05) is 23.9 Å². The van der Waals surface area contributed by atoms with Crippen LogP contribution in [0.1, 0.15) is 24.3 Å². The molecule has 2 rings (SSSR count). The summed E-state index contributed by atoms with van der Waals surface area (Å²) >= 11 is 0.628. The van der Waals surface area contributed by atoms with Crippen LogP contribution >= 0.6 is 11.8 Å². The second-order valence-electron chi connectivity index (χ2n) is 3.98. The maximum atomic E-state index is 12.2. The number of rotatable bonds is 3. The summed E-state index contributed by atoms with van der Waals surface area (Å²) in [6.07, 6.45) is 2.20. The highest BCUT2D eigenvalue weighted by molar-refractivity contribution is 7.99. The number of halogens is 2. The van der Waals surface area contributed by atoms with Crippen molar-refractivity contribution in [3.63, 3.8) is 0 Å². The molecule has 1 aromatic rings. The van der Waals surface area contributed by atoms with Crippen LogP contribution in [0, 0.1) is 0 Å². The number of benzene rings is 1. The Hall–Kier alpha value is -0.610. The largest absolute Gasteiger partial charge is 0.317 e. The molecule has 1 N–H and O–H groups in total. The molecular weight excluding hydrogens is 228 g/mol. The van der Waals surface area contributed by atoms with Crippen molar-refractivity contribution in [3.8, 4) is 0 Å². The normalized spacial score (nSPS) is 17.9. The van der Waals surface area contributed by atoms with Gasteiger partial charge in [-0.05, 0) is 49.5 Å². The number of thioether (sulfide) groups is 1. The Morgan fingerprint density at radius 2 is 2.00 bits per heavy atom. The van der Waals surface area contributed by atoms with E-state index in [1.54, 1.807) is 6.07 Å². The third-order valence-corrected chi connectivity index (χ3v) is 3.60. The fourth-order valence-corrected chi connectivity index (χ4v) is 2.67. The molecular formula is C12H15F2NS. The minimum Gasteiger partial charge on any atom is -0.317 e. The predicted octanol–water partition coefficient (Wildman–Crippen LogP) is 3.47. The maximum absolute atomic E-state index is 12.2. The van der Waals surface area contributed by atoms with Crippen molar-refractivity contribution in [3.05, 3.63) is 29.8 Å². The molecule has 1 nitrogen and oxygen atoms in total. The number of hydrogen-bond acceptors (Lipinski definition) is 2. The van der Waals surface area contributed by atoms with Gasteiger partial charge in [0.05, 0.1) is 0 Å². The van der Waals surface area contributed by atoms with Gasteiger partial charge >= 0.3 is 0 Å². The van der Waals surface area contributed by atoms with Crippen molar-refractivity contribution in [2.24, 2.45) is 0 Å². The Kier molecular flexibility index (Phi) is 4.18. The van der Waals surface area contributed by atoms with Gasteiger partial charge in [0.15, 0.2) is 0 Å². The first-order valence-corrected chi connectivity index (χ1v) is 6.39. The van der Waals surface area contributed by atoms with Gasteiger partial charge in [-0.2, -0.15) is 8.78 Å². The van der Waals surface area contributed by atoms with E-state index < -0.39 is 5.76 Å². The van der Waals surface area contributed by atoms with Gasteiger partial charge in [0.2, 0.25) is 0 Å². The standard InChI is InChI=1S/C12H15F2NS/c13-12(14)16-11-3-1-2-10(8-11)9-4-6-15-7-5-9/h1-3,8-9,12,15H,4-7H2. The van der Waals surface area contributed by atoms with Gasteiger partial charge in [0.1, 0.15) is 0 Å². The predicted molar refractivity (Wildman–Crippen MR) is 63.1 cm³/mol. The Morgan fingerprint density at radius 1 is 1.25 bits per heavy atom. The average Bonchev–Trinajstić information content (AvgIpc) is 2.30. The van der Waals surface area contributed by atoms with Crippen LogP contribution in [0.5, 0.6) is 0 Å². The van der Waals surface area contributed by atoms with Crippen LogP contribution in [0.25, 0.3) is 0 Å². The first-order chi connectivity index (χ1) is 7.75. The molecule has 1 heterocycles. The zero-order chi connectivity index (χ0) is 11.4. The Balaban J connectivity index is 2.08. The van der Waals surface area contributed by atoms with Gasteiger partial charge in [0, 0.05) is 4.90 Å². The zero-order valence-corrected chi connectivity index (χ0v) is 9.77. The van der Waals surface area contributed by atoms with E-state index in [4.69, 9.17) is 0 Å². The van der Waals surface area contributed by atoms with E-state index in [9.17, 15) is 8.78 Å². The lowest BCUT2D eigenvalue weighted by atomic mass is 9.90.